The fraction of sp³-hybridized carbons (Fsp3) is 0.405. The number of amides is 15. The highest BCUT2D eigenvalue weighted by atomic mass is 35.5. The maximum absolute atomic E-state index is 15.4. The van der Waals surface area contributed by atoms with Crippen LogP contribution in [0.4, 0.5) is 21.0 Å². The lowest BCUT2D eigenvalue weighted by atomic mass is 9.99. The first-order chi connectivity index (χ1) is 53.1. The van der Waals surface area contributed by atoms with E-state index in [0.717, 1.165) is 10.8 Å². The third kappa shape index (κ3) is 26.8. The molecule has 0 radical (unpaired) electrons. The summed E-state index contributed by atoms with van der Waals surface area (Å²) in [6.45, 7) is 8.67. The average Bonchev–Trinajstić information content (AvgIpc) is 1.79. The number of pyridine rings is 1. The Morgan fingerprint density at radius 3 is 1.58 bits per heavy atom. The molecule has 5 aromatic carbocycles. The Bertz CT molecular complexity index is 4270. The van der Waals surface area contributed by atoms with Crippen molar-refractivity contribution in [3.8, 4) is 0 Å². The molecule has 31 nitrogen and oxygen atoms in total. The van der Waals surface area contributed by atoms with E-state index in [-0.39, 0.29) is 68.3 Å². The highest BCUT2D eigenvalue weighted by Crippen LogP contribution is 2.22. The molecule has 2 saturated heterocycles. The SMILES string of the molecule is CC(=O)N[C@@H](Cc1ccc2ccccc2c1)C(=O)N[C@H](Cc1ccc(Cl)cc1)C(=O)N[C@@H](Cc1cccnc1)C(=O)N[C@H](CO)C(=O)N[C@H](Cc1ccc(NC(=O)[C@@H]2CC(=O)NC(=O)N2)cc1)C(=O)N[C@H](Cc1ccc(NC(N)=O)cc1)C(=O)N[C@@H](CC(C)C)C(=O)N[C@@H](CCCCNC(C)C)C(=O)N1CCC[C@H]1C=O. The second-order valence-electron chi connectivity index (χ2n) is 28.3. The summed E-state index contributed by atoms with van der Waals surface area (Å²) >= 11 is 6.26. The number of hydrogen-bond donors (Lipinski definition) is 15. The van der Waals surface area contributed by atoms with E-state index in [2.05, 4.69) is 74.1 Å². The van der Waals surface area contributed by atoms with Crippen LogP contribution in [0.3, 0.4) is 0 Å². The maximum Gasteiger partial charge on any atom is 0.322 e. The number of unbranched alkanes of at least 4 members (excludes halogenated alkanes) is 1. The zero-order chi connectivity index (χ0) is 80.3. The lowest BCUT2D eigenvalue weighted by Gasteiger charge is -2.30. The van der Waals surface area contributed by atoms with E-state index in [4.69, 9.17) is 17.3 Å². The van der Waals surface area contributed by atoms with Gasteiger partial charge in [0.25, 0.3) is 0 Å². The Morgan fingerprint density at radius 1 is 0.577 bits per heavy atom. The van der Waals surface area contributed by atoms with Gasteiger partial charge in [0, 0.05) is 80.4 Å². The van der Waals surface area contributed by atoms with Crippen LogP contribution in [0.5, 0.6) is 0 Å². The Hall–Kier alpha value is -11.7. The van der Waals surface area contributed by atoms with Gasteiger partial charge in [-0.05, 0) is 132 Å². The second-order valence-corrected chi connectivity index (χ2v) is 28.8. The van der Waals surface area contributed by atoms with Crippen LogP contribution in [0.15, 0.2) is 140 Å². The number of primary amides is 1. The number of anilines is 2. The molecule has 0 spiro atoms. The van der Waals surface area contributed by atoms with Crippen LogP contribution in [0.25, 0.3) is 10.8 Å². The summed E-state index contributed by atoms with van der Waals surface area (Å²) in [5, 5.41) is 47.9. The lowest BCUT2D eigenvalue weighted by molar-refractivity contribution is -0.140. The van der Waals surface area contributed by atoms with Gasteiger partial charge in [0.1, 0.15) is 60.7 Å². The monoisotopic (exact) mass is 1540 g/mol. The summed E-state index contributed by atoms with van der Waals surface area (Å²) in [6.07, 6.45) is 4.52. The van der Waals surface area contributed by atoms with Crippen molar-refractivity contribution in [3.05, 3.63) is 173 Å². The van der Waals surface area contributed by atoms with E-state index in [1.165, 1.54) is 72.7 Å². The Morgan fingerprint density at radius 2 is 1.06 bits per heavy atom. The number of aliphatic hydroxyl groups is 1. The zero-order valence-corrected chi connectivity index (χ0v) is 63.2. The van der Waals surface area contributed by atoms with Crippen molar-refractivity contribution >= 4 is 117 Å². The molecule has 3 heterocycles. The molecule has 2 fully saturated rings. The number of nitrogens with two attached hydrogens (primary N) is 1. The standard InChI is InChI=1S/C79H97ClN16O15/c1-45(2)34-60(70(102)87-59(16-8-9-32-83-46(3)4)77(109)96-33-11-15-58(96)43-97)88-72(104)63(37-50-22-29-57(30-23-50)86-78(81)110)90-74(106)64(38-49-20-27-56(28-21-49)85-69(101)66-41-68(100)95-79(111)94-66)92-76(108)67(44-98)93-75(107)65(40-52-12-10-31-82-42-52)91-73(105)62(36-48-18-25-55(80)26-19-48)89-71(103)61(84-47(5)99)39-51-17-24-53-13-6-7-14-54(53)35-51/h6-7,10,12-14,17-31,35,42-43,45-46,58-67,83,98H,8-9,11,15-16,32-34,36-41,44H2,1-5H3,(H,84,99)(H,85,101)(H,87,102)(H,88,104)(H,89,103)(H,90,106)(H,91,105)(H,92,108)(H,93,107)(H3,81,86,110)(H2,94,95,100,111)/t58-,59-,60-,61-,62+,63+,64+,65-,66-,67+/m0/s1. The molecule has 2 aliphatic rings. The molecule has 16 N–H and O–H groups in total. The van der Waals surface area contributed by atoms with Crippen LogP contribution in [-0.2, 0) is 89.6 Å². The number of fused-ring (bicyclic) bond motifs is 1. The molecule has 0 aliphatic carbocycles. The Balaban J connectivity index is 1.09. The van der Waals surface area contributed by atoms with Gasteiger partial charge in [0.2, 0.25) is 65.0 Å². The van der Waals surface area contributed by atoms with E-state index >= 15 is 9.59 Å². The molecule has 0 unspecified atom stereocenters. The molecule has 590 valence electrons. The Kier molecular flexibility index (Phi) is 31.9. The van der Waals surface area contributed by atoms with Crippen molar-refractivity contribution in [1.82, 2.24) is 68.4 Å². The fourth-order valence-corrected chi connectivity index (χ4v) is 13.0. The van der Waals surface area contributed by atoms with Crippen molar-refractivity contribution in [3.63, 3.8) is 0 Å². The van der Waals surface area contributed by atoms with Gasteiger partial charge in [-0.3, -0.25) is 63.0 Å². The molecule has 8 rings (SSSR count). The van der Waals surface area contributed by atoms with Crippen molar-refractivity contribution in [1.29, 1.82) is 0 Å². The van der Waals surface area contributed by atoms with Gasteiger partial charge in [0.15, 0.2) is 0 Å². The van der Waals surface area contributed by atoms with Gasteiger partial charge in [0.05, 0.1) is 19.1 Å². The summed E-state index contributed by atoms with van der Waals surface area (Å²) in [5.41, 5.74) is 8.20. The minimum Gasteiger partial charge on any atom is -0.394 e. The van der Waals surface area contributed by atoms with E-state index in [9.17, 15) is 62.6 Å². The molecule has 111 heavy (non-hydrogen) atoms. The molecule has 2 aliphatic heterocycles. The first-order valence-corrected chi connectivity index (χ1v) is 37.2. The van der Waals surface area contributed by atoms with Crippen LogP contribution < -0.4 is 74.9 Å². The van der Waals surface area contributed by atoms with E-state index in [0.29, 0.717) is 77.9 Å². The smallest absolute Gasteiger partial charge is 0.322 e. The number of benzene rings is 5. The Labute approximate surface area is 647 Å². The van der Waals surface area contributed by atoms with Crippen molar-refractivity contribution in [2.75, 3.05) is 30.3 Å². The highest BCUT2D eigenvalue weighted by Gasteiger charge is 2.39. The number of urea groups is 2. The molecular weight excluding hydrogens is 1450 g/mol. The highest BCUT2D eigenvalue weighted by molar-refractivity contribution is 6.30. The minimum atomic E-state index is -1.90. The number of likely N-dealkylation sites (tertiary alicyclic amines) is 1. The molecule has 1 aromatic heterocycles. The molecule has 10 atom stereocenters. The normalized spacial score (nSPS) is 16.1. The van der Waals surface area contributed by atoms with Gasteiger partial charge in [-0.2, -0.15) is 0 Å². The van der Waals surface area contributed by atoms with Gasteiger partial charge >= 0.3 is 12.1 Å². The fourth-order valence-electron chi connectivity index (χ4n) is 12.9. The minimum absolute atomic E-state index is 0.0138. The van der Waals surface area contributed by atoms with E-state index in [1.807, 2.05) is 70.2 Å². The number of nitrogens with one attached hydrogen (secondary N) is 13. The van der Waals surface area contributed by atoms with Crippen LogP contribution in [0.2, 0.25) is 5.02 Å². The summed E-state index contributed by atoms with van der Waals surface area (Å²) in [4.78, 5) is 199. The van der Waals surface area contributed by atoms with E-state index < -0.39 is 150 Å². The van der Waals surface area contributed by atoms with Gasteiger partial charge < -0.3 is 84.3 Å². The first kappa shape index (κ1) is 84.9. The summed E-state index contributed by atoms with van der Waals surface area (Å²) < 4.78 is 0. The van der Waals surface area contributed by atoms with Crippen molar-refractivity contribution < 1.29 is 72.2 Å². The number of nitrogens with zero attached hydrogens (tertiary/aromatic N) is 2. The van der Waals surface area contributed by atoms with Gasteiger partial charge in [-0.15, -0.1) is 0 Å². The number of aliphatic hydroxyl groups excluding tert-OH is 1. The van der Waals surface area contributed by atoms with Crippen LogP contribution in [0, 0.1) is 5.92 Å². The molecule has 32 heteroatoms. The number of imide groups is 1. The molecule has 6 aromatic rings. The number of halogens is 1. The molecule has 0 saturated carbocycles. The number of carbonyl (C=O) groups is 14. The first-order valence-electron chi connectivity index (χ1n) is 36.9. The third-order valence-electron chi connectivity index (χ3n) is 18.6. The summed E-state index contributed by atoms with van der Waals surface area (Å²) in [5.74, 6) is -9.17. The van der Waals surface area contributed by atoms with Crippen LogP contribution in [-0.4, -0.2) is 184 Å². The van der Waals surface area contributed by atoms with Crippen molar-refractivity contribution in [2.45, 2.75) is 178 Å². The molecule has 0 bridgehead atoms. The predicted molar refractivity (Wildman–Crippen MR) is 413 cm³/mol. The van der Waals surface area contributed by atoms with Crippen LogP contribution >= 0.6 is 11.6 Å². The van der Waals surface area contributed by atoms with Crippen molar-refractivity contribution in [2.24, 2.45) is 11.7 Å². The second kappa shape index (κ2) is 41.8. The summed E-state index contributed by atoms with van der Waals surface area (Å²) in [6, 6.07) is 19.3. The quantitative estimate of drug-likeness (QED) is 0.0195. The topological polar surface area (TPSA) is 458 Å². The number of aldehydes is 1. The van der Waals surface area contributed by atoms with Gasteiger partial charge in [-0.1, -0.05) is 124 Å². The predicted octanol–water partition coefficient (Wildman–Crippen LogP) is 2.72. The lowest BCUT2D eigenvalue weighted by Crippen LogP contribution is -2.61. The summed E-state index contributed by atoms with van der Waals surface area (Å²) in [7, 11) is 0. The zero-order valence-electron chi connectivity index (χ0n) is 62.4. The molecule has 15 amide bonds. The largest absolute Gasteiger partial charge is 0.394 e. The van der Waals surface area contributed by atoms with Gasteiger partial charge in [-0.25, -0.2) is 9.59 Å². The average molecular weight is 1550 g/mol. The molecular formula is C79H97ClN16O15. The number of aromatic nitrogens is 1. The number of rotatable bonds is 39. The van der Waals surface area contributed by atoms with Crippen LogP contribution in [0.1, 0.15) is 107 Å². The van der Waals surface area contributed by atoms with E-state index in [1.54, 1.807) is 36.4 Å². The number of carbonyl (C=O) groups excluding carboxylic acids is 14. The third-order valence-corrected chi connectivity index (χ3v) is 18.8. The number of hydrogen-bond acceptors (Lipinski definition) is 17. The maximum atomic E-state index is 15.4.